The number of nitrogens with two attached hydrogens (primary N) is 1. The Morgan fingerprint density at radius 3 is 2.75 bits per heavy atom. The summed E-state index contributed by atoms with van der Waals surface area (Å²) >= 11 is 0. The van der Waals surface area contributed by atoms with Crippen molar-refractivity contribution in [3.63, 3.8) is 0 Å². The average molecular weight is 218 g/mol. The van der Waals surface area contributed by atoms with Crippen molar-refractivity contribution in [2.75, 3.05) is 0 Å². The van der Waals surface area contributed by atoms with Gasteiger partial charge in [0.15, 0.2) is 5.84 Å². The monoisotopic (exact) mass is 218 g/mol. The van der Waals surface area contributed by atoms with Crippen molar-refractivity contribution in [1.29, 1.82) is 0 Å². The molecule has 0 aromatic rings. The van der Waals surface area contributed by atoms with Crippen LogP contribution in [-0.4, -0.2) is 17.2 Å². The molecule has 0 atom stereocenters. The van der Waals surface area contributed by atoms with Crippen LogP contribution in [0.25, 0.3) is 0 Å². The number of amidine groups is 1. The first-order valence-electron chi connectivity index (χ1n) is 5.74. The van der Waals surface area contributed by atoms with Crippen LogP contribution in [0, 0.1) is 5.92 Å². The lowest BCUT2D eigenvalue weighted by Gasteiger charge is -2.31. The van der Waals surface area contributed by atoms with Crippen LogP contribution in [-0.2, 0) is 0 Å². The zero-order valence-corrected chi connectivity index (χ0v) is 9.52. The highest BCUT2D eigenvalue weighted by molar-refractivity contribution is 6.01. The van der Waals surface area contributed by atoms with Gasteiger partial charge in [0.1, 0.15) is 6.34 Å². The lowest BCUT2D eigenvalue weighted by atomic mass is 9.87. The quantitative estimate of drug-likeness (QED) is 0.772. The second-order valence-corrected chi connectivity index (χ2v) is 4.33. The van der Waals surface area contributed by atoms with Gasteiger partial charge in [-0.3, -0.25) is 0 Å². The molecule has 1 aliphatic heterocycles. The summed E-state index contributed by atoms with van der Waals surface area (Å²) in [6.45, 7) is 8.02. The van der Waals surface area contributed by atoms with Crippen LogP contribution in [0.1, 0.15) is 32.1 Å². The summed E-state index contributed by atoms with van der Waals surface area (Å²) in [4.78, 5) is 3.91. The van der Waals surface area contributed by atoms with Gasteiger partial charge in [0.2, 0.25) is 0 Å². The molecule has 0 aromatic carbocycles. The first-order chi connectivity index (χ1) is 7.70. The molecule has 0 aromatic heterocycles. The molecule has 0 unspecified atom stereocenters. The second-order valence-electron chi connectivity index (χ2n) is 4.33. The SMILES string of the molecule is C=C1C(N)=NC=NN1C(=C)C1CCCCC1. The summed E-state index contributed by atoms with van der Waals surface area (Å²) in [5.41, 5.74) is 7.35. The van der Waals surface area contributed by atoms with E-state index in [1.165, 1.54) is 38.4 Å². The van der Waals surface area contributed by atoms with Crippen molar-refractivity contribution in [2.24, 2.45) is 21.7 Å². The Morgan fingerprint density at radius 1 is 1.38 bits per heavy atom. The zero-order valence-electron chi connectivity index (χ0n) is 9.52. The van der Waals surface area contributed by atoms with E-state index < -0.39 is 0 Å². The average Bonchev–Trinajstić information content (AvgIpc) is 2.33. The maximum atomic E-state index is 5.71. The van der Waals surface area contributed by atoms with Gasteiger partial charge in [0.05, 0.1) is 5.70 Å². The Labute approximate surface area is 96.2 Å². The normalized spacial score (nSPS) is 22.1. The van der Waals surface area contributed by atoms with Gasteiger partial charge >= 0.3 is 0 Å². The Bertz CT molecular complexity index is 361. The maximum absolute atomic E-state index is 5.71. The molecule has 0 saturated heterocycles. The zero-order chi connectivity index (χ0) is 11.5. The standard InChI is InChI=1S/C12H18N4/c1-9(11-6-4-3-5-7-11)16-10(2)12(13)14-8-15-16/h8,11H,1-7H2,(H2,13,14,15). The molecule has 86 valence electrons. The molecule has 2 N–H and O–H groups in total. The van der Waals surface area contributed by atoms with E-state index >= 15 is 0 Å². The number of hydrogen-bond donors (Lipinski definition) is 1. The molecule has 1 fully saturated rings. The van der Waals surface area contributed by atoms with Crippen molar-refractivity contribution in [3.05, 3.63) is 24.6 Å². The minimum absolute atomic E-state index is 0.423. The minimum Gasteiger partial charge on any atom is -0.382 e. The molecule has 1 aliphatic carbocycles. The molecule has 0 amide bonds. The summed E-state index contributed by atoms with van der Waals surface area (Å²) in [6, 6.07) is 0. The molecule has 4 heteroatoms. The Kier molecular flexibility index (Phi) is 3.08. The molecule has 1 saturated carbocycles. The number of aliphatic imine (C=N–C) groups is 1. The van der Waals surface area contributed by atoms with Crippen molar-refractivity contribution in [1.82, 2.24) is 5.01 Å². The highest BCUT2D eigenvalue weighted by Gasteiger charge is 2.24. The van der Waals surface area contributed by atoms with Crippen LogP contribution in [0.5, 0.6) is 0 Å². The number of allylic oxidation sites excluding steroid dienone is 1. The van der Waals surface area contributed by atoms with Gasteiger partial charge in [-0.2, -0.15) is 5.10 Å². The van der Waals surface area contributed by atoms with E-state index in [1.807, 2.05) is 0 Å². The van der Waals surface area contributed by atoms with Crippen LogP contribution in [0.2, 0.25) is 0 Å². The molecular formula is C12H18N4. The molecule has 4 nitrogen and oxygen atoms in total. The fourth-order valence-electron chi connectivity index (χ4n) is 2.25. The number of nitrogens with zero attached hydrogens (tertiary/aromatic N) is 3. The molecule has 16 heavy (non-hydrogen) atoms. The third-order valence-corrected chi connectivity index (χ3v) is 3.26. The van der Waals surface area contributed by atoms with E-state index in [1.54, 1.807) is 5.01 Å². The second kappa shape index (κ2) is 4.51. The summed E-state index contributed by atoms with van der Waals surface area (Å²) < 4.78 is 0. The molecule has 1 heterocycles. The topological polar surface area (TPSA) is 54.0 Å². The van der Waals surface area contributed by atoms with Gasteiger partial charge in [-0.05, 0) is 12.8 Å². The number of rotatable bonds is 2. The van der Waals surface area contributed by atoms with E-state index in [9.17, 15) is 0 Å². The molecular weight excluding hydrogens is 200 g/mol. The molecule has 2 rings (SSSR count). The smallest absolute Gasteiger partial charge is 0.150 e. The van der Waals surface area contributed by atoms with Crippen LogP contribution in [0.3, 0.4) is 0 Å². The van der Waals surface area contributed by atoms with Crippen LogP contribution in [0.15, 0.2) is 34.6 Å². The summed E-state index contributed by atoms with van der Waals surface area (Å²) in [7, 11) is 0. The molecule has 0 radical (unpaired) electrons. The number of hydrogen-bond acceptors (Lipinski definition) is 4. The van der Waals surface area contributed by atoms with Crippen LogP contribution < -0.4 is 5.73 Å². The van der Waals surface area contributed by atoms with Crippen molar-refractivity contribution >= 4 is 12.2 Å². The predicted molar refractivity (Wildman–Crippen MR) is 66.8 cm³/mol. The van der Waals surface area contributed by atoms with Gasteiger partial charge in [-0.1, -0.05) is 32.4 Å². The Morgan fingerprint density at radius 2 is 2.06 bits per heavy atom. The lowest BCUT2D eigenvalue weighted by molar-refractivity contribution is 0.324. The predicted octanol–water partition coefficient (Wildman–Crippen LogP) is 2.21. The fourth-order valence-corrected chi connectivity index (χ4v) is 2.25. The van der Waals surface area contributed by atoms with E-state index in [0.717, 1.165) is 5.70 Å². The Hall–Kier alpha value is -1.58. The van der Waals surface area contributed by atoms with Crippen LogP contribution >= 0.6 is 0 Å². The fraction of sp³-hybridized carbons (Fsp3) is 0.500. The summed E-state index contributed by atoms with van der Waals surface area (Å²) in [5, 5.41) is 5.91. The van der Waals surface area contributed by atoms with Crippen molar-refractivity contribution in [3.8, 4) is 0 Å². The number of hydrazone groups is 1. The van der Waals surface area contributed by atoms with E-state index in [-0.39, 0.29) is 0 Å². The van der Waals surface area contributed by atoms with Gasteiger partial charge in [-0.15, -0.1) is 0 Å². The first-order valence-corrected chi connectivity index (χ1v) is 5.74. The van der Waals surface area contributed by atoms with Gasteiger partial charge < -0.3 is 5.73 Å². The highest BCUT2D eigenvalue weighted by Crippen LogP contribution is 2.32. The molecule has 0 spiro atoms. The lowest BCUT2D eigenvalue weighted by Crippen LogP contribution is -2.32. The third kappa shape index (κ3) is 2.01. The highest BCUT2D eigenvalue weighted by atomic mass is 15.5. The largest absolute Gasteiger partial charge is 0.382 e. The summed E-state index contributed by atoms with van der Waals surface area (Å²) in [5.74, 6) is 0.931. The van der Waals surface area contributed by atoms with E-state index in [0.29, 0.717) is 17.5 Å². The Balaban J connectivity index is 2.07. The van der Waals surface area contributed by atoms with E-state index in [2.05, 4.69) is 23.3 Å². The summed E-state index contributed by atoms with van der Waals surface area (Å²) in [6.07, 6.45) is 7.72. The van der Waals surface area contributed by atoms with Crippen molar-refractivity contribution in [2.45, 2.75) is 32.1 Å². The van der Waals surface area contributed by atoms with Gasteiger partial charge in [0, 0.05) is 11.6 Å². The maximum Gasteiger partial charge on any atom is 0.150 e. The van der Waals surface area contributed by atoms with Crippen LogP contribution in [0.4, 0.5) is 0 Å². The third-order valence-electron chi connectivity index (χ3n) is 3.26. The molecule has 0 bridgehead atoms. The molecule has 2 aliphatic rings. The first kappa shape index (κ1) is 10.9. The van der Waals surface area contributed by atoms with E-state index in [4.69, 9.17) is 5.73 Å². The van der Waals surface area contributed by atoms with Gasteiger partial charge in [0.25, 0.3) is 0 Å². The van der Waals surface area contributed by atoms with Gasteiger partial charge in [-0.25, -0.2) is 10.0 Å². The van der Waals surface area contributed by atoms with Crippen molar-refractivity contribution < 1.29 is 0 Å². The minimum atomic E-state index is 0.423.